The molecule has 0 bridgehead atoms. The second kappa shape index (κ2) is 7.54. The van der Waals surface area contributed by atoms with Gasteiger partial charge in [-0.1, -0.05) is 18.9 Å². The fraction of sp³-hybridized carbons (Fsp3) is 0.600. The topological polar surface area (TPSA) is 70.6 Å². The Bertz CT molecular complexity index is 740. The summed E-state index contributed by atoms with van der Waals surface area (Å²) in [4.78, 5) is 47.0. The lowest BCUT2D eigenvalue weighted by Gasteiger charge is -2.21. The summed E-state index contributed by atoms with van der Waals surface area (Å²) < 4.78 is 0. The van der Waals surface area contributed by atoms with Crippen LogP contribution in [0.5, 0.6) is 0 Å². The number of carbonyl (C=O) groups is 3. The molecular weight excluding hydrogens is 362 g/mol. The van der Waals surface area contributed by atoms with Gasteiger partial charge < -0.3 is 0 Å². The first-order chi connectivity index (χ1) is 13.1. The smallest absolute Gasteiger partial charge is 0.249 e. The second-order valence-corrected chi connectivity index (χ2v) is 8.69. The molecule has 0 unspecified atom stereocenters. The van der Waals surface area contributed by atoms with Crippen molar-refractivity contribution in [3.05, 3.63) is 23.2 Å². The van der Waals surface area contributed by atoms with Crippen LogP contribution in [0.3, 0.4) is 0 Å². The van der Waals surface area contributed by atoms with Crippen molar-refractivity contribution in [2.24, 2.45) is 11.8 Å². The number of thiazole rings is 1. The maximum absolute atomic E-state index is 13.0. The summed E-state index contributed by atoms with van der Waals surface area (Å²) >= 11 is 1.55. The van der Waals surface area contributed by atoms with Gasteiger partial charge in [-0.2, -0.15) is 0 Å². The van der Waals surface area contributed by atoms with E-state index in [-0.39, 0.29) is 36.1 Å². The Morgan fingerprint density at radius 2 is 1.81 bits per heavy atom. The molecule has 0 N–H and O–H groups in total. The summed E-state index contributed by atoms with van der Waals surface area (Å²) in [5, 5.41) is 0.656. The Morgan fingerprint density at radius 1 is 1.15 bits per heavy atom. The minimum atomic E-state index is -0.263. The predicted molar refractivity (Wildman–Crippen MR) is 103 cm³/mol. The quantitative estimate of drug-likeness (QED) is 0.575. The first-order valence-electron chi connectivity index (χ1n) is 9.85. The van der Waals surface area contributed by atoms with E-state index in [0.29, 0.717) is 11.7 Å². The van der Waals surface area contributed by atoms with Gasteiger partial charge in [-0.15, -0.1) is 17.9 Å². The van der Waals surface area contributed by atoms with E-state index in [1.807, 2.05) is 0 Å². The van der Waals surface area contributed by atoms with Crippen LogP contribution in [0, 0.1) is 11.8 Å². The summed E-state index contributed by atoms with van der Waals surface area (Å²) in [5.74, 6) is -1.05. The first-order valence-corrected chi connectivity index (χ1v) is 10.7. The average molecular weight is 388 g/mol. The highest BCUT2D eigenvalue weighted by molar-refractivity contribution is 7.16. The number of hydrogen-bond donors (Lipinski definition) is 0. The van der Waals surface area contributed by atoms with Crippen molar-refractivity contribution in [2.75, 3.05) is 18.0 Å². The Kier molecular flexibility index (Phi) is 5.12. The lowest BCUT2D eigenvalue weighted by atomic mass is 9.81. The molecule has 1 aromatic rings. The number of hydrogen-bond acceptors (Lipinski definition) is 5. The predicted octanol–water partition coefficient (Wildman–Crippen LogP) is 2.72. The monoisotopic (exact) mass is 387 g/mol. The third kappa shape index (κ3) is 3.33. The number of likely N-dealkylation sites (tertiary alicyclic amines) is 1. The average Bonchev–Trinajstić information content (AvgIpc) is 3.21. The molecule has 144 valence electrons. The molecule has 1 saturated heterocycles. The lowest BCUT2D eigenvalue weighted by Crippen LogP contribution is -2.43. The summed E-state index contributed by atoms with van der Waals surface area (Å²) in [6.45, 7) is 3.88. The minimum Gasteiger partial charge on any atom is -0.283 e. The zero-order valence-electron chi connectivity index (χ0n) is 15.5. The SMILES string of the molecule is C=CCN(C(=O)CN1C(=O)[C@@H]2CCCC[C@H]2C1=O)c1nc2c(s1)CCCC2. The molecule has 0 radical (unpaired) electrons. The summed E-state index contributed by atoms with van der Waals surface area (Å²) in [5.41, 5.74) is 1.09. The van der Waals surface area contributed by atoms with E-state index in [1.54, 1.807) is 22.3 Å². The van der Waals surface area contributed by atoms with Gasteiger partial charge in [0.05, 0.1) is 17.5 Å². The molecule has 3 aliphatic rings. The minimum absolute atomic E-state index is 0.171. The number of carbonyl (C=O) groups excluding carboxylic acids is 3. The van der Waals surface area contributed by atoms with Crippen molar-refractivity contribution >= 4 is 34.2 Å². The molecular formula is C20H25N3O3S. The molecule has 2 heterocycles. The van der Waals surface area contributed by atoms with Crippen LogP contribution in [0.1, 0.15) is 49.1 Å². The van der Waals surface area contributed by atoms with Crippen molar-refractivity contribution < 1.29 is 14.4 Å². The molecule has 4 rings (SSSR count). The van der Waals surface area contributed by atoms with Crippen LogP contribution in [0.25, 0.3) is 0 Å². The molecule has 3 amide bonds. The highest BCUT2D eigenvalue weighted by Crippen LogP contribution is 2.38. The molecule has 2 aliphatic carbocycles. The highest BCUT2D eigenvalue weighted by Gasteiger charge is 2.48. The molecule has 2 atom stereocenters. The normalized spacial score (nSPS) is 24.5. The van der Waals surface area contributed by atoms with Crippen LogP contribution in [0.2, 0.25) is 0 Å². The molecule has 1 aromatic heterocycles. The molecule has 0 aromatic carbocycles. The Labute approximate surface area is 163 Å². The molecule has 6 nitrogen and oxygen atoms in total. The molecule has 0 spiro atoms. The van der Waals surface area contributed by atoms with Crippen LogP contribution < -0.4 is 4.90 Å². The van der Waals surface area contributed by atoms with Crippen molar-refractivity contribution in [2.45, 2.75) is 51.4 Å². The van der Waals surface area contributed by atoms with Gasteiger partial charge in [0.1, 0.15) is 6.54 Å². The van der Waals surface area contributed by atoms with E-state index in [4.69, 9.17) is 0 Å². The largest absolute Gasteiger partial charge is 0.283 e. The molecule has 1 saturated carbocycles. The van der Waals surface area contributed by atoms with Crippen molar-refractivity contribution in [1.82, 2.24) is 9.88 Å². The number of imide groups is 1. The number of rotatable bonds is 5. The Morgan fingerprint density at radius 3 is 2.44 bits per heavy atom. The van der Waals surface area contributed by atoms with Crippen LogP contribution in [-0.4, -0.2) is 40.7 Å². The van der Waals surface area contributed by atoms with Crippen LogP contribution in [0.15, 0.2) is 12.7 Å². The van der Waals surface area contributed by atoms with Gasteiger partial charge in [-0.3, -0.25) is 24.2 Å². The van der Waals surface area contributed by atoms with Gasteiger partial charge >= 0.3 is 0 Å². The number of aromatic nitrogens is 1. The van der Waals surface area contributed by atoms with Crippen LogP contribution in [0.4, 0.5) is 5.13 Å². The van der Waals surface area contributed by atoms with Crippen molar-refractivity contribution in [1.29, 1.82) is 0 Å². The van der Waals surface area contributed by atoms with Gasteiger partial charge in [0, 0.05) is 11.4 Å². The number of aryl methyl sites for hydroxylation is 2. The molecule has 7 heteroatoms. The Balaban J connectivity index is 1.52. The summed E-state index contributed by atoms with van der Waals surface area (Å²) in [6.07, 6.45) is 9.39. The van der Waals surface area contributed by atoms with Crippen molar-refractivity contribution in [3.8, 4) is 0 Å². The van der Waals surface area contributed by atoms with E-state index < -0.39 is 0 Å². The fourth-order valence-electron chi connectivity index (χ4n) is 4.48. The number of amides is 3. The van der Waals surface area contributed by atoms with E-state index >= 15 is 0 Å². The van der Waals surface area contributed by atoms with Gasteiger partial charge in [-0.05, 0) is 38.5 Å². The molecule has 1 aliphatic heterocycles. The number of anilines is 1. The fourth-order valence-corrected chi connectivity index (χ4v) is 5.65. The third-order valence-corrected chi connectivity index (χ3v) is 7.08. The van der Waals surface area contributed by atoms with E-state index in [9.17, 15) is 14.4 Å². The number of nitrogens with zero attached hydrogens (tertiary/aromatic N) is 3. The van der Waals surface area contributed by atoms with Crippen LogP contribution >= 0.6 is 11.3 Å². The summed E-state index contributed by atoms with van der Waals surface area (Å²) in [6, 6.07) is 0. The van der Waals surface area contributed by atoms with Gasteiger partial charge in [0.25, 0.3) is 0 Å². The van der Waals surface area contributed by atoms with E-state index in [0.717, 1.165) is 57.1 Å². The van der Waals surface area contributed by atoms with Gasteiger partial charge in [-0.25, -0.2) is 4.98 Å². The third-order valence-electron chi connectivity index (χ3n) is 5.90. The zero-order chi connectivity index (χ0) is 19.0. The van der Waals surface area contributed by atoms with Crippen LogP contribution in [-0.2, 0) is 27.2 Å². The maximum atomic E-state index is 13.0. The summed E-state index contributed by atoms with van der Waals surface area (Å²) in [7, 11) is 0. The first kappa shape index (κ1) is 18.3. The van der Waals surface area contributed by atoms with Gasteiger partial charge in [0.2, 0.25) is 17.7 Å². The van der Waals surface area contributed by atoms with Crippen molar-refractivity contribution in [3.63, 3.8) is 0 Å². The second-order valence-electron chi connectivity index (χ2n) is 7.63. The number of fused-ring (bicyclic) bond motifs is 2. The standard InChI is InChI=1S/C20H25N3O3S/c1-2-11-22(20-21-15-9-5-6-10-16(15)27-20)17(24)12-23-18(25)13-7-3-4-8-14(13)19(23)26/h2,13-14H,1,3-12H2/t13-,14-/m1/s1. The highest BCUT2D eigenvalue weighted by atomic mass is 32.1. The Hall–Kier alpha value is -2.02. The van der Waals surface area contributed by atoms with Gasteiger partial charge in [0.15, 0.2) is 5.13 Å². The lowest BCUT2D eigenvalue weighted by molar-refractivity contribution is -0.143. The molecule has 27 heavy (non-hydrogen) atoms. The van der Waals surface area contributed by atoms with E-state index in [1.165, 1.54) is 9.78 Å². The maximum Gasteiger partial charge on any atom is 0.249 e. The van der Waals surface area contributed by atoms with E-state index in [2.05, 4.69) is 11.6 Å². The molecule has 2 fully saturated rings. The zero-order valence-corrected chi connectivity index (χ0v) is 16.3.